The normalized spacial score (nSPS) is 29.1. The Hall–Kier alpha value is -1.09. The third-order valence-electron chi connectivity index (χ3n) is 2.53. The molecule has 0 amide bonds. The average molecular weight is 196 g/mol. The Morgan fingerprint density at radius 2 is 2.36 bits per heavy atom. The van der Waals surface area contributed by atoms with E-state index in [1.165, 1.54) is 6.26 Å². The zero-order valence-electron chi connectivity index (χ0n) is 8.82. The van der Waals surface area contributed by atoms with E-state index in [0.717, 1.165) is 0 Å². The molecular formula is C11H16O3. The maximum absolute atomic E-state index is 11.6. The monoisotopic (exact) mass is 196 g/mol. The highest BCUT2D eigenvalue weighted by Crippen LogP contribution is 2.24. The van der Waals surface area contributed by atoms with Gasteiger partial charge in [0.25, 0.3) is 0 Å². The van der Waals surface area contributed by atoms with Gasteiger partial charge >= 0.3 is 0 Å². The van der Waals surface area contributed by atoms with Gasteiger partial charge in [0.2, 0.25) is 0 Å². The number of methoxy groups -OCH3 is 1. The molecule has 0 spiro atoms. The van der Waals surface area contributed by atoms with Gasteiger partial charge in [-0.1, -0.05) is 13.0 Å². The lowest BCUT2D eigenvalue weighted by molar-refractivity contribution is -0.128. The molecule has 1 aliphatic heterocycles. The third-order valence-corrected chi connectivity index (χ3v) is 2.53. The SMILES string of the molecule is C=C[C@H](OC)C1OC=C(C)C(=O)[C@H]1C. The van der Waals surface area contributed by atoms with Crippen LogP contribution in [0.5, 0.6) is 0 Å². The quantitative estimate of drug-likeness (QED) is 0.644. The maximum atomic E-state index is 11.6. The Morgan fingerprint density at radius 1 is 1.71 bits per heavy atom. The van der Waals surface area contributed by atoms with Gasteiger partial charge < -0.3 is 9.47 Å². The lowest BCUT2D eigenvalue weighted by atomic mass is 9.90. The molecule has 1 rings (SSSR count). The summed E-state index contributed by atoms with van der Waals surface area (Å²) in [5.41, 5.74) is 0.660. The molecule has 0 radical (unpaired) electrons. The van der Waals surface area contributed by atoms with Gasteiger partial charge in [-0.05, 0) is 6.92 Å². The van der Waals surface area contributed by atoms with E-state index in [2.05, 4.69) is 6.58 Å². The van der Waals surface area contributed by atoms with Crippen LogP contribution in [0.3, 0.4) is 0 Å². The molecule has 3 heteroatoms. The molecule has 0 bridgehead atoms. The average Bonchev–Trinajstić information content (AvgIpc) is 2.19. The minimum Gasteiger partial charge on any atom is -0.494 e. The van der Waals surface area contributed by atoms with Crippen LogP contribution in [-0.2, 0) is 14.3 Å². The topological polar surface area (TPSA) is 35.5 Å². The van der Waals surface area contributed by atoms with Crippen molar-refractivity contribution in [2.24, 2.45) is 5.92 Å². The Morgan fingerprint density at radius 3 is 2.86 bits per heavy atom. The molecule has 78 valence electrons. The summed E-state index contributed by atoms with van der Waals surface area (Å²) in [6.45, 7) is 7.25. The highest BCUT2D eigenvalue weighted by Gasteiger charge is 2.34. The van der Waals surface area contributed by atoms with Gasteiger partial charge in [-0.25, -0.2) is 0 Å². The van der Waals surface area contributed by atoms with E-state index in [0.29, 0.717) is 5.57 Å². The molecule has 3 nitrogen and oxygen atoms in total. The highest BCUT2D eigenvalue weighted by atomic mass is 16.5. The number of rotatable bonds is 3. The maximum Gasteiger partial charge on any atom is 0.168 e. The molecule has 0 aromatic carbocycles. The number of Topliss-reactive ketones (excluding diaryl/α,β-unsaturated/α-hetero) is 1. The van der Waals surface area contributed by atoms with Crippen molar-refractivity contribution in [3.63, 3.8) is 0 Å². The van der Waals surface area contributed by atoms with E-state index < -0.39 is 0 Å². The first-order valence-corrected chi connectivity index (χ1v) is 4.63. The molecule has 3 atom stereocenters. The summed E-state index contributed by atoms with van der Waals surface area (Å²) in [5, 5.41) is 0. The molecule has 0 saturated carbocycles. The predicted octanol–water partition coefficient (Wildman–Crippen LogP) is 1.70. The van der Waals surface area contributed by atoms with Gasteiger partial charge in [-0.3, -0.25) is 4.79 Å². The minimum atomic E-state index is -0.256. The van der Waals surface area contributed by atoms with Crippen molar-refractivity contribution in [3.05, 3.63) is 24.5 Å². The van der Waals surface area contributed by atoms with E-state index >= 15 is 0 Å². The fourth-order valence-corrected chi connectivity index (χ4v) is 1.59. The lowest BCUT2D eigenvalue weighted by Gasteiger charge is -2.31. The van der Waals surface area contributed by atoms with Gasteiger partial charge in [0.15, 0.2) is 5.78 Å². The Balaban J connectivity index is 2.83. The second kappa shape index (κ2) is 4.42. The molecule has 1 heterocycles. The van der Waals surface area contributed by atoms with Gasteiger partial charge in [0.1, 0.15) is 12.2 Å². The summed E-state index contributed by atoms with van der Waals surface area (Å²) < 4.78 is 10.6. The fraction of sp³-hybridized carbons (Fsp3) is 0.545. The molecule has 0 aromatic rings. The van der Waals surface area contributed by atoms with E-state index in [1.54, 1.807) is 20.1 Å². The number of hydrogen-bond acceptors (Lipinski definition) is 3. The van der Waals surface area contributed by atoms with Crippen molar-refractivity contribution in [1.29, 1.82) is 0 Å². The number of ketones is 1. The highest BCUT2D eigenvalue weighted by molar-refractivity contribution is 5.97. The number of hydrogen-bond donors (Lipinski definition) is 0. The van der Waals surface area contributed by atoms with Crippen molar-refractivity contribution in [1.82, 2.24) is 0 Å². The van der Waals surface area contributed by atoms with Gasteiger partial charge in [-0.2, -0.15) is 0 Å². The van der Waals surface area contributed by atoms with Crippen LogP contribution in [0.25, 0.3) is 0 Å². The minimum absolute atomic E-state index is 0.116. The molecule has 0 saturated heterocycles. The second-order valence-electron chi connectivity index (χ2n) is 3.49. The smallest absolute Gasteiger partial charge is 0.168 e. The summed E-state index contributed by atoms with van der Waals surface area (Å²) in [5.74, 6) is -0.0619. The zero-order chi connectivity index (χ0) is 10.7. The molecule has 1 aliphatic rings. The fourth-order valence-electron chi connectivity index (χ4n) is 1.59. The summed E-state index contributed by atoms with van der Waals surface area (Å²) in [6, 6.07) is 0. The Labute approximate surface area is 84.4 Å². The molecule has 14 heavy (non-hydrogen) atoms. The van der Waals surface area contributed by atoms with E-state index in [4.69, 9.17) is 9.47 Å². The third kappa shape index (κ3) is 1.87. The predicted molar refractivity (Wildman–Crippen MR) is 53.8 cm³/mol. The van der Waals surface area contributed by atoms with E-state index in [-0.39, 0.29) is 23.9 Å². The van der Waals surface area contributed by atoms with E-state index in [1.807, 2.05) is 6.92 Å². The molecule has 0 aliphatic carbocycles. The number of ether oxygens (including phenoxy) is 2. The summed E-state index contributed by atoms with van der Waals surface area (Å²) in [4.78, 5) is 11.6. The van der Waals surface area contributed by atoms with Crippen molar-refractivity contribution >= 4 is 5.78 Å². The summed E-state index contributed by atoms with van der Waals surface area (Å²) in [7, 11) is 1.58. The first-order chi connectivity index (χ1) is 6.61. The first-order valence-electron chi connectivity index (χ1n) is 4.63. The van der Waals surface area contributed by atoms with Crippen LogP contribution in [0.4, 0.5) is 0 Å². The van der Waals surface area contributed by atoms with Crippen molar-refractivity contribution < 1.29 is 14.3 Å². The lowest BCUT2D eigenvalue weighted by Crippen LogP contribution is -2.40. The van der Waals surface area contributed by atoms with Crippen LogP contribution in [0, 0.1) is 5.92 Å². The number of carbonyl (C=O) groups is 1. The second-order valence-corrected chi connectivity index (χ2v) is 3.49. The van der Waals surface area contributed by atoms with Gasteiger partial charge in [0.05, 0.1) is 12.2 Å². The molecule has 0 N–H and O–H groups in total. The van der Waals surface area contributed by atoms with Crippen LogP contribution < -0.4 is 0 Å². The standard InChI is InChI=1S/C11H16O3/c1-5-9(13-4)11-8(3)10(12)7(2)6-14-11/h5-6,8-9,11H,1H2,2-4H3/t8-,9+,11?/m1/s1. The van der Waals surface area contributed by atoms with Crippen LogP contribution >= 0.6 is 0 Å². The number of allylic oxidation sites excluding steroid dienone is 1. The molecular weight excluding hydrogens is 180 g/mol. The van der Waals surface area contributed by atoms with Crippen molar-refractivity contribution in [2.45, 2.75) is 26.1 Å². The van der Waals surface area contributed by atoms with Crippen LogP contribution in [-0.4, -0.2) is 25.1 Å². The van der Waals surface area contributed by atoms with Crippen molar-refractivity contribution in [2.75, 3.05) is 7.11 Å². The number of carbonyl (C=O) groups excluding carboxylic acids is 1. The van der Waals surface area contributed by atoms with Crippen LogP contribution in [0.15, 0.2) is 24.5 Å². The van der Waals surface area contributed by atoms with E-state index in [9.17, 15) is 4.79 Å². The van der Waals surface area contributed by atoms with Gasteiger partial charge in [0, 0.05) is 12.7 Å². The van der Waals surface area contributed by atoms with Crippen molar-refractivity contribution in [3.8, 4) is 0 Å². The van der Waals surface area contributed by atoms with Crippen LogP contribution in [0.1, 0.15) is 13.8 Å². The Bertz CT molecular complexity index is 268. The molecule has 0 aromatic heterocycles. The van der Waals surface area contributed by atoms with Gasteiger partial charge in [-0.15, -0.1) is 6.58 Å². The largest absolute Gasteiger partial charge is 0.494 e. The summed E-state index contributed by atoms with van der Waals surface area (Å²) in [6.07, 6.45) is 2.66. The first kappa shape index (κ1) is 11.0. The molecule has 0 fully saturated rings. The summed E-state index contributed by atoms with van der Waals surface area (Å²) >= 11 is 0. The molecule has 1 unspecified atom stereocenters. The zero-order valence-corrected chi connectivity index (χ0v) is 8.82. The van der Waals surface area contributed by atoms with Crippen LogP contribution in [0.2, 0.25) is 0 Å². The Kier molecular flexibility index (Phi) is 3.47.